The van der Waals surface area contributed by atoms with Crippen LogP contribution >= 0.6 is 11.8 Å². The topological polar surface area (TPSA) is 86.9 Å². The van der Waals surface area contributed by atoms with Crippen LogP contribution in [-0.4, -0.2) is 33.8 Å². The van der Waals surface area contributed by atoms with Crippen LogP contribution in [0, 0.1) is 0 Å². The van der Waals surface area contributed by atoms with E-state index in [0.29, 0.717) is 5.69 Å². The Hall–Kier alpha value is -2.28. The van der Waals surface area contributed by atoms with E-state index in [9.17, 15) is 9.59 Å². The maximum absolute atomic E-state index is 11.9. The van der Waals surface area contributed by atoms with Gasteiger partial charge in [-0.05, 0) is 12.5 Å². The van der Waals surface area contributed by atoms with Gasteiger partial charge in [0.05, 0.1) is 23.7 Å². The molecule has 0 aliphatic carbocycles. The highest BCUT2D eigenvalue weighted by Crippen LogP contribution is 2.17. The first-order valence-corrected chi connectivity index (χ1v) is 7.92. The van der Waals surface area contributed by atoms with E-state index in [2.05, 4.69) is 20.8 Å². The lowest BCUT2D eigenvalue weighted by molar-refractivity contribution is -0.123. The number of hydrogen-bond acceptors (Lipinski definition) is 4. The fraction of sp³-hybridized carbons (Fsp3) is 0.267. The van der Waals surface area contributed by atoms with Crippen molar-refractivity contribution in [1.29, 1.82) is 0 Å². The van der Waals surface area contributed by atoms with Crippen molar-refractivity contribution in [2.75, 3.05) is 11.9 Å². The van der Waals surface area contributed by atoms with Gasteiger partial charge in [-0.2, -0.15) is 5.10 Å². The number of rotatable bonds is 7. The van der Waals surface area contributed by atoms with Crippen LogP contribution in [0.1, 0.15) is 12.5 Å². The standard InChI is InChI=1S/C15H18N4O2S/c1-11(22-10-12-5-3-2-4-6-12)15(21)16-9-14(20)19-13-7-17-18-8-13/h2-8,11H,9-10H2,1H3,(H,16,21)(H,17,18)(H,19,20)/t11-/m0/s1. The van der Waals surface area contributed by atoms with Crippen LogP contribution in [-0.2, 0) is 15.3 Å². The van der Waals surface area contributed by atoms with Crippen molar-refractivity contribution in [3.05, 3.63) is 48.3 Å². The zero-order chi connectivity index (χ0) is 15.8. The molecule has 1 atom stereocenters. The van der Waals surface area contributed by atoms with E-state index in [4.69, 9.17) is 0 Å². The van der Waals surface area contributed by atoms with Crippen molar-refractivity contribution in [1.82, 2.24) is 15.5 Å². The van der Waals surface area contributed by atoms with Crippen LogP contribution in [0.4, 0.5) is 5.69 Å². The maximum Gasteiger partial charge on any atom is 0.243 e. The average Bonchev–Trinajstić information content (AvgIpc) is 3.04. The molecule has 0 radical (unpaired) electrons. The number of nitrogens with one attached hydrogen (secondary N) is 3. The number of amides is 2. The first-order chi connectivity index (χ1) is 10.6. The number of hydrogen-bond donors (Lipinski definition) is 3. The quantitative estimate of drug-likeness (QED) is 0.726. The summed E-state index contributed by atoms with van der Waals surface area (Å²) in [6.07, 6.45) is 3.07. The third-order valence-corrected chi connectivity index (χ3v) is 4.13. The van der Waals surface area contributed by atoms with Gasteiger partial charge in [0.15, 0.2) is 0 Å². The van der Waals surface area contributed by atoms with Crippen LogP contribution in [0.2, 0.25) is 0 Å². The zero-order valence-corrected chi connectivity index (χ0v) is 13.0. The van der Waals surface area contributed by atoms with E-state index in [1.807, 2.05) is 37.3 Å². The van der Waals surface area contributed by atoms with Gasteiger partial charge in [0.25, 0.3) is 0 Å². The van der Waals surface area contributed by atoms with Crippen molar-refractivity contribution in [2.45, 2.75) is 17.9 Å². The molecule has 0 bridgehead atoms. The highest BCUT2D eigenvalue weighted by Gasteiger charge is 2.14. The molecule has 2 amide bonds. The lowest BCUT2D eigenvalue weighted by atomic mass is 10.2. The van der Waals surface area contributed by atoms with Crippen molar-refractivity contribution < 1.29 is 9.59 Å². The van der Waals surface area contributed by atoms with E-state index < -0.39 is 0 Å². The van der Waals surface area contributed by atoms with Gasteiger partial charge >= 0.3 is 0 Å². The Morgan fingerprint density at radius 1 is 1.32 bits per heavy atom. The fourth-order valence-electron chi connectivity index (χ4n) is 1.71. The molecule has 0 unspecified atom stereocenters. The number of thioether (sulfide) groups is 1. The zero-order valence-electron chi connectivity index (χ0n) is 12.2. The predicted octanol–water partition coefficient (Wildman–Crippen LogP) is 1.79. The van der Waals surface area contributed by atoms with Gasteiger partial charge in [-0.15, -0.1) is 11.8 Å². The Morgan fingerprint density at radius 3 is 2.77 bits per heavy atom. The lowest BCUT2D eigenvalue weighted by Gasteiger charge is -2.11. The molecule has 0 saturated heterocycles. The lowest BCUT2D eigenvalue weighted by Crippen LogP contribution is -2.37. The van der Waals surface area contributed by atoms with Crippen LogP contribution in [0.15, 0.2) is 42.7 Å². The molecule has 116 valence electrons. The molecule has 7 heteroatoms. The summed E-state index contributed by atoms with van der Waals surface area (Å²) in [5, 5.41) is 11.3. The van der Waals surface area contributed by atoms with Gasteiger partial charge in [0.1, 0.15) is 0 Å². The highest BCUT2D eigenvalue weighted by molar-refractivity contribution is 7.99. The molecule has 0 fully saturated rings. The number of aromatic amines is 1. The number of nitrogens with zero attached hydrogens (tertiary/aromatic N) is 1. The number of aromatic nitrogens is 2. The van der Waals surface area contributed by atoms with Crippen molar-refractivity contribution >= 4 is 29.3 Å². The summed E-state index contributed by atoms with van der Waals surface area (Å²) in [5.74, 6) is 0.328. The normalized spacial score (nSPS) is 11.7. The Morgan fingerprint density at radius 2 is 2.09 bits per heavy atom. The maximum atomic E-state index is 11.9. The van der Waals surface area contributed by atoms with Gasteiger partial charge in [-0.25, -0.2) is 0 Å². The summed E-state index contributed by atoms with van der Waals surface area (Å²) in [6.45, 7) is 1.77. The summed E-state index contributed by atoms with van der Waals surface area (Å²) in [6, 6.07) is 9.95. The Kier molecular flexibility index (Phi) is 6.02. The summed E-state index contributed by atoms with van der Waals surface area (Å²) >= 11 is 1.54. The molecule has 22 heavy (non-hydrogen) atoms. The first-order valence-electron chi connectivity index (χ1n) is 6.87. The molecule has 1 aromatic carbocycles. The van der Waals surface area contributed by atoms with Crippen LogP contribution in [0.3, 0.4) is 0 Å². The van der Waals surface area contributed by atoms with Gasteiger partial charge in [-0.1, -0.05) is 30.3 Å². The molecule has 2 aromatic rings. The van der Waals surface area contributed by atoms with E-state index in [1.165, 1.54) is 23.5 Å². The number of carbonyl (C=O) groups excluding carboxylic acids is 2. The molecule has 0 aliphatic rings. The number of benzene rings is 1. The molecule has 1 heterocycles. The molecule has 3 N–H and O–H groups in total. The molecular formula is C15H18N4O2S. The average molecular weight is 318 g/mol. The molecule has 0 spiro atoms. The SMILES string of the molecule is C[C@H](SCc1ccccc1)C(=O)NCC(=O)Nc1cn[nH]c1. The smallest absolute Gasteiger partial charge is 0.243 e. The second-order valence-corrected chi connectivity index (χ2v) is 6.02. The van der Waals surface area contributed by atoms with E-state index in [1.54, 1.807) is 6.20 Å². The number of anilines is 1. The number of H-pyrrole nitrogens is 1. The molecule has 2 rings (SSSR count). The second-order valence-electron chi connectivity index (χ2n) is 4.69. The molecule has 1 aromatic heterocycles. The van der Waals surface area contributed by atoms with Gasteiger partial charge in [0.2, 0.25) is 11.8 Å². The van der Waals surface area contributed by atoms with Crippen LogP contribution in [0.25, 0.3) is 0 Å². The first kappa shape index (κ1) is 16.1. The molecule has 0 aliphatic heterocycles. The van der Waals surface area contributed by atoms with Crippen molar-refractivity contribution in [3.8, 4) is 0 Å². The van der Waals surface area contributed by atoms with E-state index in [0.717, 1.165) is 5.75 Å². The Balaban J connectivity index is 1.68. The minimum Gasteiger partial charge on any atom is -0.346 e. The van der Waals surface area contributed by atoms with Gasteiger partial charge < -0.3 is 10.6 Å². The predicted molar refractivity (Wildman–Crippen MR) is 87.4 cm³/mol. The van der Waals surface area contributed by atoms with Gasteiger partial charge in [-0.3, -0.25) is 14.7 Å². The van der Waals surface area contributed by atoms with E-state index >= 15 is 0 Å². The molecule has 6 nitrogen and oxygen atoms in total. The monoisotopic (exact) mass is 318 g/mol. The van der Waals surface area contributed by atoms with Crippen molar-refractivity contribution in [3.63, 3.8) is 0 Å². The van der Waals surface area contributed by atoms with Crippen molar-refractivity contribution in [2.24, 2.45) is 0 Å². The van der Waals surface area contributed by atoms with Gasteiger partial charge in [0, 0.05) is 11.9 Å². The largest absolute Gasteiger partial charge is 0.346 e. The Labute approximate surface area is 133 Å². The highest BCUT2D eigenvalue weighted by atomic mass is 32.2. The third-order valence-electron chi connectivity index (χ3n) is 2.92. The summed E-state index contributed by atoms with van der Waals surface area (Å²) in [5.41, 5.74) is 1.75. The minimum atomic E-state index is -0.282. The summed E-state index contributed by atoms with van der Waals surface area (Å²) in [7, 11) is 0. The summed E-state index contributed by atoms with van der Waals surface area (Å²) < 4.78 is 0. The third kappa shape index (κ3) is 5.25. The van der Waals surface area contributed by atoms with Crippen LogP contribution < -0.4 is 10.6 Å². The van der Waals surface area contributed by atoms with Crippen LogP contribution in [0.5, 0.6) is 0 Å². The minimum absolute atomic E-state index is 0.0553. The Bertz CT molecular complexity index is 601. The summed E-state index contributed by atoms with van der Waals surface area (Å²) in [4.78, 5) is 23.6. The molecule has 0 saturated carbocycles. The second kappa shape index (κ2) is 8.23. The number of carbonyl (C=O) groups is 2. The van der Waals surface area contributed by atoms with E-state index in [-0.39, 0.29) is 23.6 Å². The molecular weight excluding hydrogens is 300 g/mol. The fourth-order valence-corrected chi connectivity index (χ4v) is 2.58.